The van der Waals surface area contributed by atoms with E-state index in [0.29, 0.717) is 13.2 Å². The molecule has 0 aromatic carbocycles. The van der Waals surface area contributed by atoms with Crippen molar-refractivity contribution in [2.75, 3.05) is 7.05 Å². The Labute approximate surface area is 110 Å². The molecule has 0 saturated carbocycles. The number of hydrogen-bond acceptors (Lipinski definition) is 5. The van der Waals surface area contributed by atoms with E-state index in [1.165, 1.54) is 12.4 Å². The van der Waals surface area contributed by atoms with Gasteiger partial charge in [0.05, 0.1) is 17.8 Å². The maximum atomic E-state index is 10.6. The molecule has 0 fully saturated rings. The lowest BCUT2D eigenvalue weighted by Gasteiger charge is -2.14. The van der Waals surface area contributed by atoms with Crippen LogP contribution in [0.25, 0.3) is 0 Å². The van der Waals surface area contributed by atoms with Crippen molar-refractivity contribution in [2.45, 2.75) is 26.7 Å². The minimum absolute atomic E-state index is 0.00667. The molecule has 8 nitrogen and oxygen atoms in total. The molecule has 0 N–H and O–H groups in total. The summed E-state index contributed by atoms with van der Waals surface area (Å²) in [5.74, 6) is 0. The van der Waals surface area contributed by atoms with Gasteiger partial charge in [0.2, 0.25) is 0 Å². The maximum Gasteiger partial charge on any atom is 0.307 e. The molecule has 0 amide bonds. The number of nitro groups is 1. The zero-order valence-corrected chi connectivity index (χ0v) is 10.9. The second kappa shape index (κ2) is 5.61. The first kappa shape index (κ1) is 13.2. The van der Waals surface area contributed by atoms with Crippen LogP contribution in [0.1, 0.15) is 12.5 Å². The first-order valence-electron chi connectivity index (χ1n) is 5.95. The summed E-state index contributed by atoms with van der Waals surface area (Å²) in [6, 6.07) is 0. The smallest absolute Gasteiger partial charge is 0.283 e. The van der Waals surface area contributed by atoms with Gasteiger partial charge in [-0.05, 0) is 14.0 Å². The van der Waals surface area contributed by atoms with Gasteiger partial charge < -0.3 is 0 Å². The number of rotatable bonds is 6. The summed E-state index contributed by atoms with van der Waals surface area (Å²) in [7, 11) is 1.93. The second-order valence-corrected chi connectivity index (χ2v) is 4.35. The van der Waals surface area contributed by atoms with Crippen molar-refractivity contribution in [1.82, 2.24) is 24.5 Å². The van der Waals surface area contributed by atoms with E-state index in [1.807, 2.05) is 35.9 Å². The molecule has 8 heteroatoms. The summed E-state index contributed by atoms with van der Waals surface area (Å²) < 4.78 is 3.41. The molecular formula is C11H16N6O2. The Balaban J connectivity index is 1.92. The van der Waals surface area contributed by atoms with Gasteiger partial charge in [0.1, 0.15) is 12.4 Å². The van der Waals surface area contributed by atoms with Crippen LogP contribution in [-0.4, -0.2) is 36.4 Å². The predicted molar refractivity (Wildman–Crippen MR) is 68.2 cm³/mol. The van der Waals surface area contributed by atoms with Crippen LogP contribution in [-0.2, 0) is 19.8 Å². The summed E-state index contributed by atoms with van der Waals surface area (Å²) in [6.07, 6.45) is 6.49. The van der Waals surface area contributed by atoms with Crippen molar-refractivity contribution in [3.8, 4) is 0 Å². The highest BCUT2D eigenvalue weighted by molar-refractivity contribution is 5.20. The summed E-state index contributed by atoms with van der Waals surface area (Å²) in [5.41, 5.74) is 1.11. The standard InChI is InChI=1S/C11H16N6O2/c1-3-15-7-10(4-12-15)6-14(2)9-16-8-11(5-13-16)17(18)19/h4-5,7-8H,3,6,9H2,1-2H3. The maximum absolute atomic E-state index is 10.6. The fourth-order valence-corrected chi connectivity index (χ4v) is 1.79. The molecule has 0 atom stereocenters. The van der Waals surface area contributed by atoms with Crippen LogP contribution in [0.5, 0.6) is 0 Å². The molecular weight excluding hydrogens is 248 g/mol. The normalized spacial score (nSPS) is 11.1. The van der Waals surface area contributed by atoms with Crippen LogP contribution in [0.4, 0.5) is 5.69 Å². The summed E-state index contributed by atoms with van der Waals surface area (Å²) in [4.78, 5) is 12.1. The molecule has 0 unspecified atom stereocenters. The van der Waals surface area contributed by atoms with E-state index in [1.54, 1.807) is 4.68 Å². The summed E-state index contributed by atoms with van der Waals surface area (Å²) >= 11 is 0. The fraction of sp³-hybridized carbons (Fsp3) is 0.455. The minimum atomic E-state index is -0.450. The fourth-order valence-electron chi connectivity index (χ4n) is 1.79. The lowest BCUT2D eigenvalue weighted by atomic mass is 10.3. The van der Waals surface area contributed by atoms with Crippen molar-refractivity contribution in [3.63, 3.8) is 0 Å². The third kappa shape index (κ3) is 3.38. The lowest BCUT2D eigenvalue weighted by molar-refractivity contribution is -0.385. The lowest BCUT2D eigenvalue weighted by Crippen LogP contribution is -2.21. The highest BCUT2D eigenvalue weighted by atomic mass is 16.6. The van der Waals surface area contributed by atoms with Gasteiger partial charge in [0.25, 0.3) is 0 Å². The first-order valence-corrected chi connectivity index (χ1v) is 5.95. The van der Waals surface area contributed by atoms with Crippen LogP contribution < -0.4 is 0 Å². The van der Waals surface area contributed by atoms with E-state index >= 15 is 0 Å². The van der Waals surface area contributed by atoms with E-state index in [0.717, 1.165) is 12.1 Å². The van der Waals surface area contributed by atoms with Crippen LogP contribution in [0.15, 0.2) is 24.8 Å². The molecule has 2 aromatic heterocycles. The van der Waals surface area contributed by atoms with Crippen molar-refractivity contribution in [1.29, 1.82) is 0 Å². The van der Waals surface area contributed by atoms with E-state index < -0.39 is 4.92 Å². The minimum Gasteiger partial charge on any atom is -0.283 e. The molecule has 0 bridgehead atoms. The SMILES string of the molecule is CCn1cc(CN(C)Cn2cc([N+](=O)[O-])cn2)cn1. The van der Waals surface area contributed by atoms with Crippen LogP contribution in [0.3, 0.4) is 0 Å². The second-order valence-electron chi connectivity index (χ2n) is 4.35. The Morgan fingerprint density at radius 2 is 2.05 bits per heavy atom. The van der Waals surface area contributed by atoms with E-state index in [4.69, 9.17) is 0 Å². The number of hydrogen-bond donors (Lipinski definition) is 0. The van der Waals surface area contributed by atoms with E-state index in [-0.39, 0.29) is 5.69 Å². The van der Waals surface area contributed by atoms with Crippen molar-refractivity contribution < 1.29 is 4.92 Å². The molecule has 2 heterocycles. The van der Waals surface area contributed by atoms with Gasteiger partial charge in [-0.1, -0.05) is 0 Å². The molecule has 0 aliphatic heterocycles. The Bertz CT molecular complexity index is 561. The number of aryl methyl sites for hydroxylation is 1. The Hall–Kier alpha value is -2.22. The highest BCUT2D eigenvalue weighted by Gasteiger charge is 2.10. The topological polar surface area (TPSA) is 82.0 Å². The Morgan fingerprint density at radius 1 is 1.32 bits per heavy atom. The van der Waals surface area contributed by atoms with Gasteiger partial charge in [-0.2, -0.15) is 10.2 Å². The highest BCUT2D eigenvalue weighted by Crippen LogP contribution is 2.09. The monoisotopic (exact) mass is 264 g/mol. The molecule has 2 rings (SSSR count). The molecule has 0 spiro atoms. The van der Waals surface area contributed by atoms with E-state index in [2.05, 4.69) is 10.2 Å². The zero-order valence-electron chi connectivity index (χ0n) is 10.9. The molecule has 0 aliphatic carbocycles. The van der Waals surface area contributed by atoms with Gasteiger partial charge in [-0.3, -0.25) is 24.4 Å². The molecule has 0 saturated heterocycles. The zero-order chi connectivity index (χ0) is 13.8. The average molecular weight is 264 g/mol. The average Bonchev–Trinajstić information content (AvgIpc) is 2.98. The third-order valence-electron chi connectivity index (χ3n) is 2.68. The molecule has 19 heavy (non-hydrogen) atoms. The van der Waals surface area contributed by atoms with Crippen molar-refractivity contribution in [3.05, 3.63) is 40.5 Å². The molecule has 0 aliphatic rings. The molecule has 2 aromatic rings. The largest absolute Gasteiger partial charge is 0.307 e. The number of nitrogens with zero attached hydrogens (tertiary/aromatic N) is 6. The molecule has 102 valence electrons. The summed E-state index contributed by atoms with van der Waals surface area (Å²) in [6.45, 7) is 4.08. The Kier molecular flexibility index (Phi) is 3.91. The van der Waals surface area contributed by atoms with Gasteiger partial charge in [-0.25, -0.2) is 0 Å². The van der Waals surface area contributed by atoms with Gasteiger partial charge >= 0.3 is 5.69 Å². The van der Waals surface area contributed by atoms with Gasteiger partial charge in [0.15, 0.2) is 0 Å². The third-order valence-corrected chi connectivity index (χ3v) is 2.68. The molecule has 0 radical (unpaired) electrons. The van der Waals surface area contributed by atoms with Crippen LogP contribution in [0, 0.1) is 10.1 Å². The van der Waals surface area contributed by atoms with Gasteiger partial charge in [-0.15, -0.1) is 0 Å². The predicted octanol–water partition coefficient (Wildman–Crippen LogP) is 1.10. The van der Waals surface area contributed by atoms with E-state index in [9.17, 15) is 10.1 Å². The van der Waals surface area contributed by atoms with Gasteiger partial charge in [0, 0.05) is 24.8 Å². The van der Waals surface area contributed by atoms with Crippen molar-refractivity contribution in [2.24, 2.45) is 0 Å². The Morgan fingerprint density at radius 3 is 2.63 bits per heavy atom. The quantitative estimate of drug-likeness (QED) is 0.576. The van der Waals surface area contributed by atoms with Crippen LogP contribution >= 0.6 is 0 Å². The first-order chi connectivity index (χ1) is 9.08. The van der Waals surface area contributed by atoms with Crippen LogP contribution in [0.2, 0.25) is 0 Å². The van der Waals surface area contributed by atoms with Crippen molar-refractivity contribution >= 4 is 5.69 Å². The summed E-state index contributed by atoms with van der Waals surface area (Å²) in [5, 5.41) is 18.7. The number of aromatic nitrogens is 4.